The third kappa shape index (κ3) is 12.8. The van der Waals surface area contributed by atoms with Gasteiger partial charge in [0.1, 0.15) is 5.75 Å². The van der Waals surface area contributed by atoms with E-state index in [2.05, 4.69) is 6.07 Å². The van der Waals surface area contributed by atoms with Crippen LogP contribution in [0, 0.1) is 18.3 Å². The Kier molecular flexibility index (Phi) is 14.1. The number of aryl methyl sites for hydroxylation is 1. The molecule has 154 valence electrons. The number of ether oxygens (including phenoxy) is 1. The number of hydrogen-bond acceptors (Lipinski definition) is 4. The second-order valence-electron chi connectivity index (χ2n) is 5.65. The van der Waals surface area contributed by atoms with Gasteiger partial charge in [0.25, 0.3) is 0 Å². The lowest BCUT2D eigenvalue weighted by atomic mass is 10.1. The molecule has 0 aliphatic heterocycles. The molecule has 4 N–H and O–H groups in total. The normalized spacial score (nSPS) is 8.55. The summed E-state index contributed by atoms with van der Waals surface area (Å²) in [6.07, 6.45) is 0.436. The number of rotatable bonds is 2. The predicted octanol–water partition coefficient (Wildman–Crippen LogP) is 6.29. The van der Waals surface area contributed by atoms with Crippen LogP contribution in [0.15, 0.2) is 72.8 Å². The summed E-state index contributed by atoms with van der Waals surface area (Å²) in [6, 6.07) is 24.4. The Morgan fingerprint density at radius 3 is 1.93 bits per heavy atom. The van der Waals surface area contributed by atoms with E-state index in [1.165, 1.54) is 5.56 Å². The van der Waals surface area contributed by atoms with Crippen LogP contribution >= 0.6 is 11.6 Å². The molecule has 0 bridgehead atoms. The fraction of sp³-hybridized carbons (Fsp3) is 0.208. The first kappa shape index (κ1) is 25.8. The van der Waals surface area contributed by atoms with Crippen molar-refractivity contribution in [1.29, 1.82) is 5.26 Å². The van der Waals surface area contributed by atoms with E-state index in [0.29, 0.717) is 12.1 Å². The molecular weight excluding hydrogens is 382 g/mol. The number of nitrogen functional groups attached to an aromatic ring is 2. The van der Waals surface area contributed by atoms with Gasteiger partial charge in [-0.3, -0.25) is 0 Å². The van der Waals surface area contributed by atoms with Gasteiger partial charge in [0, 0.05) is 16.4 Å². The molecule has 0 saturated carbocycles. The Bertz CT molecular complexity index is 820. The predicted molar refractivity (Wildman–Crippen MR) is 125 cm³/mol. The molecular formula is C24H30ClN3O. The molecule has 0 aliphatic carbocycles. The number of nitrogens with zero attached hydrogens (tertiary/aromatic N) is 1. The summed E-state index contributed by atoms with van der Waals surface area (Å²) in [5.74, 6) is 0.837. The van der Waals surface area contributed by atoms with Crippen molar-refractivity contribution in [3.63, 3.8) is 0 Å². The molecule has 0 aromatic heterocycles. The second-order valence-corrected chi connectivity index (χ2v) is 6.09. The van der Waals surface area contributed by atoms with E-state index in [4.69, 9.17) is 33.1 Å². The van der Waals surface area contributed by atoms with Gasteiger partial charge in [-0.2, -0.15) is 5.26 Å². The first-order valence-electron chi connectivity index (χ1n) is 9.27. The SMILES string of the molecule is CC.COc1ccc(N)cc1.Cc1ccc(Cl)cc1.N#CCc1cccc(N)c1. The molecule has 0 unspecified atom stereocenters. The van der Waals surface area contributed by atoms with Crippen LogP contribution in [0.1, 0.15) is 25.0 Å². The summed E-state index contributed by atoms with van der Waals surface area (Å²) in [6.45, 7) is 6.04. The first-order chi connectivity index (χ1) is 13.9. The highest BCUT2D eigenvalue weighted by Gasteiger charge is 1.89. The van der Waals surface area contributed by atoms with Crippen LogP contribution in [0.3, 0.4) is 0 Å². The zero-order valence-corrected chi connectivity index (χ0v) is 18.3. The molecule has 3 aromatic carbocycles. The topological polar surface area (TPSA) is 85.1 Å². The van der Waals surface area contributed by atoms with E-state index in [1.54, 1.807) is 25.3 Å². The van der Waals surface area contributed by atoms with Crippen molar-refractivity contribution < 1.29 is 4.74 Å². The zero-order valence-electron chi connectivity index (χ0n) is 17.5. The van der Waals surface area contributed by atoms with Gasteiger partial charge in [-0.05, 0) is 61.0 Å². The van der Waals surface area contributed by atoms with Crippen molar-refractivity contribution in [2.45, 2.75) is 27.2 Å². The maximum atomic E-state index is 8.32. The number of hydrogen-bond donors (Lipinski definition) is 2. The summed E-state index contributed by atoms with van der Waals surface area (Å²) in [5, 5.41) is 9.12. The van der Waals surface area contributed by atoms with Gasteiger partial charge in [-0.15, -0.1) is 0 Å². The smallest absolute Gasteiger partial charge is 0.119 e. The van der Waals surface area contributed by atoms with Crippen LogP contribution in [0.4, 0.5) is 11.4 Å². The molecule has 0 saturated heterocycles. The van der Waals surface area contributed by atoms with Gasteiger partial charge in [0.2, 0.25) is 0 Å². The Labute approximate surface area is 179 Å². The van der Waals surface area contributed by atoms with E-state index < -0.39 is 0 Å². The number of methoxy groups -OCH3 is 1. The molecule has 3 rings (SSSR count). The molecule has 0 heterocycles. The minimum absolute atomic E-state index is 0.436. The van der Waals surface area contributed by atoms with Gasteiger partial charge in [0.15, 0.2) is 0 Å². The van der Waals surface area contributed by atoms with Gasteiger partial charge in [-0.1, -0.05) is 55.3 Å². The molecule has 0 radical (unpaired) electrons. The lowest BCUT2D eigenvalue weighted by molar-refractivity contribution is 0.415. The van der Waals surface area contributed by atoms with Gasteiger partial charge < -0.3 is 16.2 Å². The number of benzene rings is 3. The van der Waals surface area contributed by atoms with E-state index in [0.717, 1.165) is 22.0 Å². The Hall–Kier alpha value is -3.16. The third-order valence-corrected chi connectivity index (χ3v) is 3.61. The van der Waals surface area contributed by atoms with E-state index in [9.17, 15) is 0 Å². The van der Waals surface area contributed by atoms with Gasteiger partial charge in [0.05, 0.1) is 19.6 Å². The van der Waals surface area contributed by atoms with Crippen LogP contribution < -0.4 is 16.2 Å². The molecule has 5 heteroatoms. The second kappa shape index (κ2) is 15.9. The molecule has 0 spiro atoms. The van der Waals surface area contributed by atoms with Crippen LogP contribution in [-0.2, 0) is 6.42 Å². The monoisotopic (exact) mass is 411 g/mol. The highest BCUT2D eigenvalue weighted by molar-refractivity contribution is 6.30. The third-order valence-electron chi connectivity index (χ3n) is 3.36. The van der Waals surface area contributed by atoms with E-state index >= 15 is 0 Å². The molecule has 0 fully saturated rings. The van der Waals surface area contributed by atoms with Crippen molar-refractivity contribution >= 4 is 23.0 Å². The van der Waals surface area contributed by atoms with Crippen molar-refractivity contribution in [3.8, 4) is 11.8 Å². The molecule has 0 atom stereocenters. The molecule has 3 aromatic rings. The summed E-state index contributed by atoms with van der Waals surface area (Å²) in [4.78, 5) is 0. The average molecular weight is 412 g/mol. The fourth-order valence-electron chi connectivity index (χ4n) is 1.93. The van der Waals surface area contributed by atoms with Crippen molar-refractivity contribution in [2.75, 3.05) is 18.6 Å². The molecule has 0 aliphatic rings. The summed E-state index contributed by atoms with van der Waals surface area (Å²) in [7, 11) is 1.63. The number of anilines is 2. The van der Waals surface area contributed by atoms with Gasteiger partial charge in [-0.25, -0.2) is 0 Å². The molecule has 4 nitrogen and oxygen atoms in total. The lowest BCUT2D eigenvalue weighted by Crippen LogP contribution is -1.86. The number of nitriles is 1. The van der Waals surface area contributed by atoms with Crippen LogP contribution in [0.25, 0.3) is 0 Å². The summed E-state index contributed by atoms with van der Waals surface area (Å²) < 4.78 is 4.91. The van der Waals surface area contributed by atoms with Gasteiger partial charge >= 0.3 is 0 Å². The van der Waals surface area contributed by atoms with Crippen LogP contribution in [-0.4, -0.2) is 7.11 Å². The highest BCUT2D eigenvalue weighted by atomic mass is 35.5. The highest BCUT2D eigenvalue weighted by Crippen LogP contribution is 2.11. The maximum Gasteiger partial charge on any atom is 0.119 e. The van der Waals surface area contributed by atoms with E-state index in [-0.39, 0.29) is 0 Å². The average Bonchev–Trinajstić information content (AvgIpc) is 2.74. The van der Waals surface area contributed by atoms with Crippen LogP contribution in [0.5, 0.6) is 5.75 Å². The zero-order chi connectivity index (χ0) is 22.1. The fourth-order valence-corrected chi connectivity index (χ4v) is 2.06. The van der Waals surface area contributed by atoms with Crippen molar-refractivity contribution in [3.05, 3.63) is 88.9 Å². The Morgan fingerprint density at radius 2 is 1.48 bits per heavy atom. The number of nitrogens with two attached hydrogens (primary N) is 2. The lowest BCUT2D eigenvalue weighted by Gasteiger charge is -1.97. The first-order valence-corrected chi connectivity index (χ1v) is 9.65. The largest absolute Gasteiger partial charge is 0.497 e. The Balaban J connectivity index is 0.000000390. The van der Waals surface area contributed by atoms with Crippen molar-refractivity contribution in [2.24, 2.45) is 0 Å². The quantitative estimate of drug-likeness (QED) is 0.485. The van der Waals surface area contributed by atoms with Crippen molar-refractivity contribution in [1.82, 2.24) is 0 Å². The summed E-state index contributed by atoms with van der Waals surface area (Å²) in [5.41, 5.74) is 14.6. The Morgan fingerprint density at radius 1 is 0.897 bits per heavy atom. The minimum atomic E-state index is 0.436. The minimum Gasteiger partial charge on any atom is -0.497 e. The standard InChI is InChI=1S/C8H8N2.C7H7Cl.C7H9NO.C2H6/c9-5-4-7-2-1-3-8(10)6-7;1-6-2-4-7(8)5-3-6;1-9-7-4-2-6(8)3-5-7;1-2/h1-3,6H,4,10H2;2-5H,1H3;2-5H,8H2,1H3;1-2H3. The molecule has 29 heavy (non-hydrogen) atoms. The number of halogens is 1. The van der Waals surface area contributed by atoms with Crippen LogP contribution in [0.2, 0.25) is 5.02 Å². The maximum absolute atomic E-state index is 8.32. The van der Waals surface area contributed by atoms with E-state index in [1.807, 2.05) is 75.4 Å². The molecule has 0 amide bonds. The summed E-state index contributed by atoms with van der Waals surface area (Å²) >= 11 is 5.61.